The van der Waals surface area contributed by atoms with Gasteiger partial charge in [-0.05, 0) is 63.2 Å². The standard InChI is InChI=1S/C22H21N3O4/c1-14-11-20(15(2)25(14)13-19-5-4-10-28-19)22(27)29-16(3)21(26)24-18-8-6-17(12-23)7-9-18/h4-11,16H,13H2,1-3H3,(H,24,26)/t16-/m1/s1. The summed E-state index contributed by atoms with van der Waals surface area (Å²) in [4.78, 5) is 24.9. The number of nitrogens with one attached hydrogen (secondary N) is 1. The predicted octanol–water partition coefficient (Wildman–Crippen LogP) is 3.80. The van der Waals surface area contributed by atoms with E-state index in [1.165, 1.54) is 6.92 Å². The number of anilines is 1. The van der Waals surface area contributed by atoms with E-state index < -0.39 is 18.0 Å². The predicted molar refractivity (Wildman–Crippen MR) is 106 cm³/mol. The average molecular weight is 391 g/mol. The van der Waals surface area contributed by atoms with Gasteiger partial charge in [0.25, 0.3) is 5.91 Å². The normalized spacial score (nSPS) is 11.5. The van der Waals surface area contributed by atoms with E-state index >= 15 is 0 Å². The zero-order valence-electron chi connectivity index (χ0n) is 16.4. The van der Waals surface area contributed by atoms with Gasteiger partial charge in [0, 0.05) is 17.1 Å². The Bertz CT molecular complexity index is 1060. The minimum absolute atomic E-state index is 0.409. The fraction of sp³-hybridized carbons (Fsp3) is 0.227. The molecule has 3 aromatic rings. The van der Waals surface area contributed by atoms with Crippen molar-refractivity contribution in [2.75, 3.05) is 5.32 Å². The number of esters is 1. The molecule has 0 aliphatic carbocycles. The third kappa shape index (κ3) is 4.55. The Labute approximate surface area is 168 Å². The number of hydrogen-bond acceptors (Lipinski definition) is 5. The summed E-state index contributed by atoms with van der Waals surface area (Å²) in [6.45, 7) is 5.74. The molecule has 0 saturated carbocycles. The molecule has 1 amide bonds. The molecule has 0 saturated heterocycles. The lowest BCUT2D eigenvalue weighted by Gasteiger charge is -2.14. The van der Waals surface area contributed by atoms with Crippen LogP contribution in [-0.4, -0.2) is 22.5 Å². The van der Waals surface area contributed by atoms with E-state index in [0.717, 1.165) is 17.1 Å². The average Bonchev–Trinajstić information content (AvgIpc) is 3.32. The molecule has 1 atom stereocenters. The smallest absolute Gasteiger partial charge is 0.340 e. The molecule has 2 aromatic heterocycles. The summed E-state index contributed by atoms with van der Waals surface area (Å²) in [5.74, 6) is -0.236. The van der Waals surface area contributed by atoms with E-state index in [4.69, 9.17) is 14.4 Å². The Kier molecular flexibility index (Phi) is 5.84. The lowest BCUT2D eigenvalue weighted by Crippen LogP contribution is -2.30. The molecule has 0 bridgehead atoms. The van der Waals surface area contributed by atoms with Gasteiger partial charge in [-0.3, -0.25) is 4.79 Å². The molecule has 7 heteroatoms. The second kappa shape index (κ2) is 8.48. The molecular weight excluding hydrogens is 370 g/mol. The fourth-order valence-electron chi connectivity index (χ4n) is 2.96. The van der Waals surface area contributed by atoms with Crippen molar-refractivity contribution in [2.45, 2.75) is 33.4 Å². The zero-order chi connectivity index (χ0) is 21.0. The van der Waals surface area contributed by atoms with Gasteiger partial charge in [0.1, 0.15) is 5.76 Å². The summed E-state index contributed by atoms with van der Waals surface area (Å²) < 4.78 is 12.7. The minimum atomic E-state index is -0.980. The largest absolute Gasteiger partial charge is 0.467 e. The lowest BCUT2D eigenvalue weighted by molar-refractivity contribution is -0.123. The van der Waals surface area contributed by atoms with Crippen LogP contribution in [0.1, 0.15) is 40.0 Å². The van der Waals surface area contributed by atoms with Gasteiger partial charge in [-0.2, -0.15) is 5.26 Å². The van der Waals surface area contributed by atoms with E-state index in [9.17, 15) is 9.59 Å². The van der Waals surface area contributed by atoms with Crippen LogP contribution in [0.5, 0.6) is 0 Å². The van der Waals surface area contributed by atoms with Crippen molar-refractivity contribution in [2.24, 2.45) is 0 Å². The Hall–Kier alpha value is -3.79. The summed E-state index contributed by atoms with van der Waals surface area (Å²) >= 11 is 0. The van der Waals surface area contributed by atoms with E-state index in [2.05, 4.69) is 5.32 Å². The van der Waals surface area contributed by atoms with Gasteiger partial charge >= 0.3 is 5.97 Å². The molecule has 3 rings (SSSR count). The molecule has 0 fully saturated rings. The van der Waals surface area contributed by atoms with Crippen molar-refractivity contribution in [3.63, 3.8) is 0 Å². The highest BCUT2D eigenvalue weighted by atomic mass is 16.5. The molecule has 0 unspecified atom stereocenters. The molecule has 0 radical (unpaired) electrons. The summed E-state index contributed by atoms with van der Waals surface area (Å²) in [7, 11) is 0. The van der Waals surface area contributed by atoms with Crippen LogP contribution in [0.2, 0.25) is 0 Å². The van der Waals surface area contributed by atoms with E-state index in [0.29, 0.717) is 23.4 Å². The molecule has 148 valence electrons. The first kappa shape index (κ1) is 20.0. The summed E-state index contributed by atoms with van der Waals surface area (Å²) in [5.41, 5.74) is 3.05. The Morgan fingerprint density at radius 2 is 1.97 bits per heavy atom. The summed E-state index contributed by atoms with van der Waals surface area (Å²) in [5, 5.41) is 11.5. The number of hydrogen-bond donors (Lipinski definition) is 1. The quantitative estimate of drug-likeness (QED) is 0.645. The molecular formula is C22H21N3O4. The van der Waals surface area contributed by atoms with Crippen LogP contribution in [0.25, 0.3) is 0 Å². The molecule has 2 heterocycles. The Morgan fingerprint density at radius 3 is 2.59 bits per heavy atom. The van der Waals surface area contributed by atoms with Gasteiger partial charge in [0.05, 0.1) is 30.0 Å². The number of nitrogens with zero attached hydrogens (tertiary/aromatic N) is 2. The second-order valence-corrected chi connectivity index (χ2v) is 6.68. The minimum Gasteiger partial charge on any atom is -0.467 e. The van der Waals surface area contributed by atoms with Crippen molar-refractivity contribution in [3.8, 4) is 6.07 Å². The maximum absolute atomic E-state index is 12.6. The maximum atomic E-state index is 12.6. The van der Waals surface area contributed by atoms with Gasteiger partial charge in [-0.25, -0.2) is 4.79 Å². The monoisotopic (exact) mass is 391 g/mol. The number of nitriles is 1. The van der Waals surface area contributed by atoms with Crippen molar-refractivity contribution in [1.29, 1.82) is 5.26 Å². The highest BCUT2D eigenvalue weighted by Gasteiger charge is 2.23. The van der Waals surface area contributed by atoms with Crippen LogP contribution in [-0.2, 0) is 16.1 Å². The van der Waals surface area contributed by atoms with Gasteiger partial charge in [0.2, 0.25) is 0 Å². The van der Waals surface area contributed by atoms with Crippen molar-refractivity contribution in [3.05, 3.63) is 77.0 Å². The summed E-state index contributed by atoms with van der Waals surface area (Å²) in [6.07, 6.45) is 0.624. The molecule has 29 heavy (non-hydrogen) atoms. The van der Waals surface area contributed by atoms with Crippen LogP contribution >= 0.6 is 0 Å². The SMILES string of the molecule is Cc1cc(C(=O)O[C@H](C)C(=O)Nc2ccc(C#N)cc2)c(C)n1Cc1ccco1. The fourth-order valence-corrected chi connectivity index (χ4v) is 2.96. The lowest BCUT2D eigenvalue weighted by atomic mass is 10.2. The number of rotatable bonds is 6. The van der Waals surface area contributed by atoms with Gasteiger partial charge in [-0.1, -0.05) is 0 Å². The molecule has 0 spiro atoms. The topological polar surface area (TPSA) is 97.3 Å². The molecule has 1 N–H and O–H groups in total. The third-order valence-electron chi connectivity index (χ3n) is 4.62. The first-order chi connectivity index (χ1) is 13.9. The molecule has 1 aromatic carbocycles. The van der Waals surface area contributed by atoms with Gasteiger partial charge < -0.3 is 19.0 Å². The van der Waals surface area contributed by atoms with Gasteiger partial charge in [-0.15, -0.1) is 0 Å². The number of carbonyl (C=O) groups excluding carboxylic acids is 2. The van der Waals surface area contributed by atoms with Crippen LogP contribution in [0.4, 0.5) is 5.69 Å². The second-order valence-electron chi connectivity index (χ2n) is 6.68. The van der Waals surface area contributed by atoms with Crippen molar-refractivity contribution >= 4 is 17.6 Å². The number of aromatic nitrogens is 1. The number of carbonyl (C=O) groups is 2. The Morgan fingerprint density at radius 1 is 1.24 bits per heavy atom. The Balaban J connectivity index is 1.66. The molecule has 7 nitrogen and oxygen atoms in total. The van der Waals surface area contributed by atoms with Crippen molar-refractivity contribution < 1.29 is 18.7 Å². The van der Waals surface area contributed by atoms with Crippen molar-refractivity contribution in [1.82, 2.24) is 4.57 Å². The van der Waals surface area contributed by atoms with Crippen LogP contribution < -0.4 is 5.32 Å². The molecule has 0 aliphatic rings. The third-order valence-corrected chi connectivity index (χ3v) is 4.62. The number of aryl methyl sites for hydroxylation is 1. The maximum Gasteiger partial charge on any atom is 0.340 e. The van der Waals surface area contributed by atoms with Crippen LogP contribution in [0.15, 0.2) is 53.1 Å². The van der Waals surface area contributed by atoms with E-state index in [-0.39, 0.29) is 0 Å². The zero-order valence-corrected chi connectivity index (χ0v) is 16.4. The van der Waals surface area contributed by atoms with Gasteiger partial charge in [0.15, 0.2) is 6.10 Å². The van der Waals surface area contributed by atoms with E-state index in [1.807, 2.05) is 36.6 Å². The highest BCUT2D eigenvalue weighted by molar-refractivity contribution is 5.97. The molecule has 0 aliphatic heterocycles. The van der Waals surface area contributed by atoms with E-state index in [1.54, 1.807) is 36.6 Å². The first-order valence-corrected chi connectivity index (χ1v) is 9.10. The summed E-state index contributed by atoms with van der Waals surface area (Å²) in [6, 6.07) is 13.9. The number of amides is 1. The van der Waals surface area contributed by atoms with Crippen LogP contribution in [0.3, 0.4) is 0 Å². The number of benzene rings is 1. The number of furan rings is 1. The first-order valence-electron chi connectivity index (χ1n) is 9.10. The number of ether oxygens (including phenoxy) is 1. The van der Waals surface area contributed by atoms with Crippen LogP contribution in [0, 0.1) is 25.2 Å². The highest BCUT2D eigenvalue weighted by Crippen LogP contribution is 2.19.